The fraction of sp³-hybridized carbons (Fsp3) is 0.500. The number of nitrogens with one attached hydrogen (secondary N) is 2. The third-order valence-corrected chi connectivity index (χ3v) is 4.92. The quantitative estimate of drug-likeness (QED) is 0.370. The Kier molecular flexibility index (Phi) is 9.07. The highest BCUT2D eigenvalue weighted by Crippen LogP contribution is 2.21. The van der Waals surface area contributed by atoms with Gasteiger partial charge in [-0.05, 0) is 32.4 Å². The summed E-state index contributed by atoms with van der Waals surface area (Å²) in [6, 6.07) is 6.24. The lowest BCUT2D eigenvalue weighted by atomic mass is 10.1. The number of ether oxygens (including phenoxy) is 2. The van der Waals surface area contributed by atoms with Crippen molar-refractivity contribution in [2.75, 3.05) is 26.9 Å². The van der Waals surface area contributed by atoms with E-state index in [1.54, 1.807) is 18.4 Å². The molecule has 7 heteroatoms. The van der Waals surface area contributed by atoms with Crippen molar-refractivity contribution in [1.82, 2.24) is 15.6 Å². The van der Waals surface area contributed by atoms with Crippen LogP contribution in [0.3, 0.4) is 0 Å². The molecule has 1 aromatic heterocycles. The number of aromatic nitrogens is 1. The Morgan fingerprint density at radius 2 is 2.07 bits per heavy atom. The first-order chi connectivity index (χ1) is 13.1. The first kappa shape index (κ1) is 21.2. The van der Waals surface area contributed by atoms with Crippen LogP contribution in [0, 0.1) is 13.8 Å². The lowest BCUT2D eigenvalue weighted by Crippen LogP contribution is -2.36. The molecular formula is C20H30N4O2S. The van der Waals surface area contributed by atoms with Gasteiger partial charge in [0.1, 0.15) is 5.75 Å². The highest BCUT2D eigenvalue weighted by molar-refractivity contribution is 7.09. The molecule has 2 aromatic rings. The van der Waals surface area contributed by atoms with Crippen molar-refractivity contribution in [3.8, 4) is 5.75 Å². The summed E-state index contributed by atoms with van der Waals surface area (Å²) < 4.78 is 11.0. The summed E-state index contributed by atoms with van der Waals surface area (Å²) in [5.41, 5.74) is 5.18. The number of aryl methyl sites for hydroxylation is 2. The second-order valence-electron chi connectivity index (χ2n) is 6.22. The summed E-state index contributed by atoms with van der Waals surface area (Å²) in [6.45, 7) is 9.57. The molecule has 2 rings (SSSR count). The summed E-state index contributed by atoms with van der Waals surface area (Å²) in [5, 5.41) is 6.67. The smallest absolute Gasteiger partial charge is 0.191 e. The monoisotopic (exact) mass is 390 g/mol. The average molecular weight is 391 g/mol. The van der Waals surface area contributed by atoms with Crippen LogP contribution < -0.4 is 15.4 Å². The van der Waals surface area contributed by atoms with Crippen LogP contribution in [0.5, 0.6) is 5.75 Å². The van der Waals surface area contributed by atoms with E-state index in [0.717, 1.165) is 42.5 Å². The maximum absolute atomic E-state index is 5.95. The molecule has 0 radical (unpaired) electrons. The number of benzene rings is 1. The highest BCUT2D eigenvalue weighted by Gasteiger charge is 2.06. The standard InChI is InChI=1S/C20H30N4O2S/c1-5-21-20(23-13-19-16(3)24-14-27-19)22-12-17-8-7-15(2)11-18(17)26-10-6-9-25-4/h7-8,11,14H,5-6,9-10,12-13H2,1-4H3,(H2,21,22,23). The minimum atomic E-state index is 0.552. The highest BCUT2D eigenvalue weighted by atomic mass is 32.1. The number of methoxy groups -OCH3 is 1. The van der Waals surface area contributed by atoms with E-state index in [0.29, 0.717) is 19.8 Å². The molecule has 6 nitrogen and oxygen atoms in total. The molecule has 0 saturated carbocycles. The molecule has 0 amide bonds. The minimum absolute atomic E-state index is 0.552. The predicted molar refractivity (Wildman–Crippen MR) is 112 cm³/mol. The van der Waals surface area contributed by atoms with E-state index in [9.17, 15) is 0 Å². The summed E-state index contributed by atoms with van der Waals surface area (Å²) in [5.74, 6) is 1.68. The van der Waals surface area contributed by atoms with Crippen LogP contribution in [0.15, 0.2) is 28.7 Å². The van der Waals surface area contributed by atoms with Gasteiger partial charge in [-0.25, -0.2) is 9.98 Å². The number of guanidine groups is 1. The van der Waals surface area contributed by atoms with Crippen LogP contribution in [0.2, 0.25) is 0 Å². The Bertz CT molecular complexity index is 731. The van der Waals surface area contributed by atoms with Crippen LogP contribution in [0.1, 0.15) is 35.0 Å². The van der Waals surface area contributed by atoms with E-state index >= 15 is 0 Å². The van der Waals surface area contributed by atoms with Gasteiger partial charge in [0, 0.05) is 37.1 Å². The molecule has 0 saturated heterocycles. The summed E-state index contributed by atoms with van der Waals surface area (Å²) in [4.78, 5) is 10.2. The molecule has 0 fully saturated rings. The third kappa shape index (κ3) is 7.19. The van der Waals surface area contributed by atoms with Gasteiger partial charge in [-0.15, -0.1) is 11.3 Å². The molecule has 0 spiro atoms. The van der Waals surface area contributed by atoms with E-state index in [-0.39, 0.29) is 0 Å². The predicted octanol–water partition coefficient (Wildman–Crippen LogP) is 3.43. The van der Waals surface area contributed by atoms with Crippen LogP contribution in [0.25, 0.3) is 0 Å². The molecule has 1 aromatic carbocycles. The van der Waals surface area contributed by atoms with Gasteiger partial charge < -0.3 is 20.1 Å². The van der Waals surface area contributed by atoms with E-state index in [4.69, 9.17) is 14.5 Å². The lowest BCUT2D eigenvalue weighted by Gasteiger charge is -2.13. The zero-order chi connectivity index (χ0) is 19.5. The van der Waals surface area contributed by atoms with Gasteiger partial charge in [0.05, 0.1) is 30.9 Å². The van der Waals surface area contributed by atoms with Gasteiger partial charge in [0.2, 0.25) is 0 Å². The molecule has 0 unspecified atom stereocenters. The van der Waals surface area contributed by atoms with Crippen molar-refractivity contribution in [3.05, 3.63) is 45.4 Å². The van der Waals surface area contributed by atoms with E-state index in [2.05, 4.69) is 47.7 Å². The number of aliphatic imine (C=N–C) groups is 1. The van der Waals surface area contributed by atoms with Gasteiger partial charge in [0.15, 0.2) is 5.96 Å². The van der Waals surface area contributed by atoms with Crippen molar-refractivity contribution in [3.63, 3.8) is 0 Å². The Balaban J connectivity index is 2.02. The molecule has 148 valence electrons. The van der Waals surface area contributed by atoms with E-state index < -0.39 is 0 Å². The fourth-order valence-electron chi connectivity index (χ4n) is 2.48. The van der Waals surface area contributed by atoms with Crippen LogP contribution in [-0.2, 0) is 17.8 Å². The fourth-order valence-corrected chi connectivity index (χ4v) is 3.19. The number of hydrogen-bond acceptors (Lipinski definition) is 5. The second-order valence-corrected chi connectivity index (χ2v) is 7.15. The maximum atomic E-state index is 5.95. The maximum Gasteiger partial charge on any atom is 0.191 e. The topological polar surface area (TPSA) is 67.8 Å². The summed E-state index contributed by atoms with van der Waals surface area (Å²) in [6.07, 6.45) is 0.867. The SMILES string of the molecule is CCNC(=NCc1ccc(C)cc1OCCCOC)NCc1scnc1C. The summed E-state index contributed by atoms with van der Waals surface area (Å²) >= 11 is 1.65. The summed E-state index contributed by atoms with van der Waals surface area (Å²) in [7, 11) is 1.70. The van der Waals surface area contributed by atoms with E-state index in [1.807, 2.05) is 12.4 Å². The Morgan fingerprint density at radius 3 is 2.78 bits per heavy atom. The first-order valence-corrected chi connectivity index (χ1v) is 10.1. The van der Waals surface area contributed by atoms with Gasteiger partial charge in [-0.3, -0.25) is 0 Å². The minimum Gasteiger partial charge on any atom is -0.493 e. The molecule has 0 atom stereocenters. The van der Waals surface area contributed by atoms with E-state index in [1.165, 1.54) is 10.4 Å². The van der Waals surface area contributed by atoms with Crippen LogP contribution >= 0.6 is 11.3 Å². The lowest BCUT2D eigenvalue weighted by molar-refractivity contribution is 0.172. The molecule has 0 bridgehead atoms. The van der Waals surface area contributed by atoms with Gasteiger partial charge in [-0.2, -0.15) is 0 Å². The molecule has 0 aliphatic carbocycles. The van der Waals surface area contributed by atoms with Crippen molar-refractivity contribution >= 4 is 17.3 Å². The third-order valence-electron chi connectivity index (χ3n) is 3.99. The Morgan fingerprint density at radius 1 is 1.22 bits per heavy atom. The number of thiazole rings is 1. The normalized spacial score (nSPS) is 11.5. The van der Waals surface area contributed by atoms with Gasteiger partial charge in [0.25, 0.3) is 0 Å². The van der Waals surface area contributed by atoms with Crippen molar-refractivity contribution in [1.29, 1.82) is 0 Å². The Labute approximate surface area is 166 Å². The Hall–Kier alpha value is -2.12. The zero-order valence-corrected chi connectivity index (χ0v) is 17.5. The van der Waals surface area contributed by atoms with Crippen LogP contribution in [0.4, 0.5) is 0 Å². The number of nitrogens with zero attached hydrogens (tertiary/aromatic N) is 2. The van der Waals surface area contributed by atoms with Crippen LogP contribution in [-0.4, -0.2) is 37.8 Å². The van der Waals surface area contributed by atoms with Crippen molar-refractivity contribution < 1.29 is 9.47 Å². The molecular weight excluding hydrogens is 360 g/mol. The van der Waals surface area contributed by atoms with Crippen molar-refractivity contribution in [2.45, 2.75) is 40.3 Å². The number of rotatable bonds is 10. The molecule has 0 aliphatic heterocycles. The zero-order valence-electron chi connectivity index (χ0n) is 16.7. The average Bonchev–Trinajstić information content (AvgIpc) is 3.07. The molecule has 2 N–H and O–H groups in total. The van der Waals surface area contributed by atoms with Gasteiger partial charge >= 0.3 is 0 Å². The second kappa shape index (κ2) is 11.6. The van der Waals surface area contributed by atoms with Gasteiger partial charge in [-0.1, -0.05) is 12.1 Å². The first-order valence-electron chi connectivity index (χ1n) is 9.26. The number of hydrogen-bond donors (Lipinski definition) is 2. The molecule has 0 aliphatic rings. The molecule has 27 heavy (non-hydrogen) atoms. The molecule has 1 heterocycles. The largest absolute Gasteiger partial charge is 0.493 e. The van der Waals surface area contributed by atoms with Crippen molar-refractivity contribution in [2.24, 2.45) is 4.99 Å².